The Bertz CT molecular complexity index is 535. The van der Waals surface area contributed by atoms with E-state index in [1.54, 1.807) is 6.07 Å². The smallest absolute Gasteiger partial charge is 0.340 e. The molecule has 1 aromatic heterocycles. The van der Waals surface area contributed by atoms with Crippen LogP contribution in [0.2, 0.25) is 0 Å². The zero-order chi connectivity index (χ0) is 11.7. The summed E-state index contributed by atoms with van der Waals surface area (Å²) in [4.78, 5) is 11.8. The number of hydrogen-bond acceptors (Lipinski definition) is 4. The summed E-state index contributed by atoms with van der Waals surface area (Å²) in [6.45, 7) is 0. The summed E-state index contributed by atoms with van der Waals surface area (Å²) in [5.41, 5.74) is 0. The molecule has 84 valence electrons. The maximum atomic E-state index is 11.2. The van der Waals surface area contributed by atoms with Gasteiger partial charge in [-0.2, -0.15) is 0 Å². The molecule has 0 spiro atoms. The Hall–Kier alpha value is -0.910. The third-order valence-electron chi connectivity index (χ3n) is 2.20. The molecule has 0 aliphatic heterocycles. The van der Waals surface area contributed by atoms with E-state index < -0.39 is 12.1 Å². The van der Waals surface area contributed by atoms with Gasteiger partial charge in [-0.1, -0.05) is 22.0 Å². The number of halogens is 1. The Kier molecular flexibility index (Phi) is 3.28. The van der Waals surface area contributed by atoms with Crippen LogP contribution in [-0.4, -0.2) is 18.2 Å². The van der Waals surface area contributed by atoms with Crippen LogP contribution >= 0.6 is 27.3 Å². The second-order valence-corrected chi connectivity index (χ2v) is 5.29. The number of aliphatic hydroxyl groups excluding tert-OH is 1. The molecule has 1 N–H and O–H groups in total. The normalized spacial score (nSPS) is 12.7. The SMILES string of the molecule is COC(=O)C(O)c1cc2ccc(Br)cc2s1. The van der Waals surface area contributed by atoms with E-state index in [1.165, 1.54) is 18.4 Å². The lowest BCUT2D eigenvalue weighted by atomic mass is 10.2. The van der Waals surface area contributed by atoms with E-state index in [1.807, 2.05) is 18.2 Å². The van der Waals surface area contributed by atoms with Crippen LogP contribution in [0.3, 0.4) is 0 Å². The molecule has 1 aromatic carbocycles. The van der Waals surface area contributed by atoms with Crippen molar-refractivity contribution in [3.8, 4) is 0 Å². The van der Waals surface area contributed by atoms with Crippen LogP contribution in [0.1, 0.15) is 11.0 Å². The molecular weight excluding hydrogens is 292 g/mol. The number of thiophene rings is 1. The monoisotopic (exact) mass is 300 g/mol. The molecule has 0 radical (unpaired) electrons. The van der Waals surface area contributed by atoms with E-state index in [9.17, 15) is 9.90 Å². The third kappa shape index (κ3) is 2.11. The summed E-state index contributed by atoms with van der Waals surface area (Å²) in [5, 5.41) is 10.7. The molecule has 2 aromatic rings. The van der Waals surface area contributed by atoms with Gasteiger partial charge in [0.2, 0.25) is 0 Å². The van der Waals surface area contributed by atoms with E-state index in [2.05, 4.69) is 20.7 Å². The lowest BCUT2D eigenvalue weighted by Crippen LogP contribution is -2.11. The molecule has 0 fully saturated rings. The minimum Gasteiger partial charge on any atom is -0.467 e. The fourth-order valence-electron chi connectivity index (χ4n) is 1.39. The van der Waals surface area contributed by atoms with Gasteiger partial charge in [0.05, 0.1) is 7.11 Å². The van der Waals surface area contributed by atoms with Gasteiger partial charge in [0.15, 0.2) is 6.10 Å². The van der Waals surface area contributed by atoms with Crippen LogP contribution in [0.25, 0.3) is 10.1 Å². The van der Waals surface area contributed by atoms with Gasteiger partial charge >= 0.3 is 5.97 Å². The van der Waals surface area contributed by atoms with Crippen LogP contribution in [0.5, 0.6) is 0 Å². The number of carbonyl (C=O) groups is 1. The van der Waals surface area contributed by atoms with Gasteiger partial charge in [0.1, 0.15) is 0 Å². The van der Waals surface area contributed by atoms with E-state index in [0.717, 1.165) is 14.6 Å². The minimum atomic E-state index is -1.19. The molecule has 3 nitrogen and oxygen atoms in total. The van der Waals surface area contributed by atoms with E-state index in [0.29, 0.717) is 4.88 Å². The van der Waals surface area contributed by atoms with Gasteiger partial charge in [-0.25, -0.2) is 4.79 Å². The molecule has 5 heteroatoms. The maximum Gasteiger partial charge on any atom is 0.340 e. The fraction of sp³-hybridized carbons (Fsp3) is 0.182. The highest BCUT2D eigenvalue weighted by Crippen LogP contribution is 2.32. The molecule has 0 aliphatic rings. The van der Waals surface area contributed by atoms with Crippen molar-refractivity contribution in [2.45, 2.75) is 6.10 Å². The highest BCUT2D eigenvalue weighted by molar-refractivity contribution is 9.10. The quantitative estimate of drug-likeness (QED) is 0.868. The van der Waals surface area contributed by atoms with Crippen LogP contribution in [0.4, 0.5) is 0 Å². The highest BCUT2D eigenvalue weighted by atomic mass is 79.9. The average molecular weight is 301 g/mol. The topological polar surface area (TPSA) is 46.5 Å². The summed E-state index contributed by atoms with van der Waals surface area (Å²) < 4.78 is 6.49. The van der Waals surface area contributed by atoms with Crippen molar-refractivity contribution in [1.29, 1.82) is 0 Å². The molecule has 16 heavy (non-hydrogen) atoms. The summed E-state index contributed by atoms with van der Waals surface area (Å²) in [7, 11) is 1.26. The molecule has 0 aliphatic carbocycles. The van der Waals surface area contributed by atoms with Gasteiger partial charge in [-0.05, 0) is 23.6 Å². The first kappa shape index (κ1) is 11.6. The molecule has 2 rings (SSSR count). The number of rotatable bonds is 2. The van der Waals surface area contributed by atoms with Crippen molar-refractivity contribution in [3.05, 3.63) is 33.6 Å². The third-order valence-corrected chi connectivity index (χ3v) is 3.84. The predicted molar refractivity (Wildman–Crippen MR) is 66.5 cm³/mol. The summed E-state index contributed by atoms with van der Waals surface area (Å²) in [6.07, 6.45) is -1.19. The van der Waals surface area contributed by atoms with Crippen LogP contribution in [0.15, 0.2) is 28.7 Å². The van der Waals surface area contributed by atoms with Gasteiger partial charge in [0.25, 0.3) is 0 Å². The number of esters is 1. The second-order valence-electron chi connectivity index (χ2n) is 3.26. The number of hydrogen-bond donors (Lipinski definition) is 1. The van der Waals surface area contributed by atoms with Crippen molar-refractivity contribution in [3.63, 3.8) is 0 Å². The highest BCUT2D eigenvalue weighted by Gasteiger charge is 2.20. The number of benzene rings is 1. The minimum absolute atomic E-state index is 0.597. The van der Waals surface area contributed by atoms with Crippen molar-refractivity contribution < 1.29 is 14.6 Å². The second kappa shape index (κ2) is 4.53. The predicted octanol–water partition coefficient (Wildman–Crippen LogP) is 2.87. The lowest BCUT2D eigenvalue weighted by molar-refractivity contribution is -0.150. The van der Waals surface area contributed by atoms with Crippen LogP contribution in [-0.2, 0) is 9.53 Å². The molecule has 1 atom stereocenters. The Balaban J connectivity index is 2.43. The first-order valence-corrected chi connectivity index (χ1v) is 6.17. The fourth-order valence-corrected chi connectivity index (χ4v) is 2.98. The zero-order valence-electron chi connectivity index (χ0n) is 8.44. The molecule has 0 saturated carbocycles. The first-order chi connectivity index (χ1) is 7.61. The lowest BCUT2D eigenvalue weighted by Gasteiger charge is -2.04. The van der Waals surface area contributed by atoms with E-state index in [-0.39, 0.29) is 0 Å². The molecule has 1 heterocycles. The number of carbonyl (C=O) groups excluding carboxylic acids is 1. The molecule has 0 bridgehead atoms. The van der Waals surface area contributed by atoms with Gasteiger partial charge < -0.3 is 9.84 Å². The number of fused-ring (bicyclic) bond motifs is 1. The van der Waals surface area contributed by atoms with Crippen LogP contribution in [0, 0.1) is 0 Å². The number of ether oxygens (including phenoxy) is 1. The van der Waals surface area contributed by atoms with E-state index in [4.69, 9.17) is 0 Å². The molecule has 1 unspecified atom stereocenters. The Morgan fingerprint density at radius 1 is 1.50 bits per heavy atom. The van der Waals surface area contributed by atoms with Gasteiger partial charge in [0, 0.05) is 14.0 Å². The van der Waals surface area contributed by atoms with Crippen molar-refractivity contribution in [2.75, 3.05) is 7.11 Å². The molecule has 0 amide bonds. The van der Waals surface area contributed by atoms with Crippen molar-refractivity contribution >= 4 is 43.3 Å². The molecular formula is C11H9BrO3S. The Morgan fingerprint density at radius 3 is 2.94 bits per heavy atom. The summed E-state index contributed by atoms with van der Waals surface area (Å²) >= 11 is 4.76. The zero-order valence-corrected chi connectivity index (χ0v) is 10.8. The Morgan fingerprint density at radius 2 is 2.25 bits per heavy atom. The average Bonchev–Trinajstić information content (AvgIpc) is 2.69. The van der Waals surface area contributed by atoms with Crippen molar-refractivity contribution in [1.82, 2.24) is 0 Å². The summed E-state index contributed by atoms with van der Waals surface area (Å²) in [6, 6.07) is 7.61. The first-order valence-electron chi connectivity index (χ1n) is 4.56. The maximum absolute atomic E-state index is 11.2. The Labute approximate surface area is 105 Å². The molecule has 0 saturated heterocycles. The van der Waals surface area contributed by atoms with Gasteiger partial charge in [-0.3, -0.25) is 0 Å². The largest absolute Gasteiger partial charge is 0.467 e. The van der Waals surface area contributed by atoms with Crippen molar-refractivity contribution in [2.24, 2.45) is 0 Å². The number of aliphatic hydroxyl groups is 1. The van der Waals surface area contributed by atoms with Gasteiger partial charge in [-0.15, -0.1) is 11.3 Å². The van der Waals surface area contributed by atoms with Crippen LogP contribution < -0.4 is 0 Å². The summed E-state index contributed by atoms with van der Waals surface area (Å²) in [5.74, 6) is -0.634. The van der Waals surface area contributed by atoms with E-state index >= 15 is 0 Å². The number of methoxy groups -OCH3 is 1. The standard InChI is InChI=1S/C11H9BrO3S/c1-15-11(14)10(13)9-4-6-2-3-7(12)5-8(6)16-9/h2-5,10,13H,1H3.